The lowest BCUT2D eigenvalue weighted by Gasteiger charge is -2.03. The summed E-state index contributed by atoms with van der Waals surface area (Å²) in [6, 6.07) is 12.6. The summed E-state index contributed by atoms with van der Waals surface area (Å²) in [6.45, 7) is 0. The second-order valence-electron chi connectivity index (χ2n) is 4.53. The van der Waals surface area contributed by atoms with Crippen LogP contribution in [0.25, 0.3) is 6.08 Å². The van der Waals surface area contributed by atoms with Gasteiger partial charge in [0.05, 0.1) is 4.47 Å². The van der Waals surface area contributed by atoms with E-state index < -0.39 is 5.97 Å². The van der Waals surface area contributed by atoms with E-state index in [9.17, 15) is 9.90 Å². The maximum absolute atomic E-state index is 11.9. The quantitative estimate of drug-likeness (QED) is 0.581. The number of benzene rings is 2. The van der Waals surface area contributed by atoms with Gasteiger partial charge >= 0.3 is 5.97 Å². The Hall–Kier alpha value is -1.92. The molecule has 4 nitrogen and oxygen atoms in total. The minimum absolute atomic E-state index is 0.0341. The highest BCUT2D eigenvalue weighted by molar-refractivity contribution is 9.11. The molecule has 110 valence electrons. The fraction of sp³-hybridized carbons (Fsp3) is 0. The van der Waals surface area contributed by atoms with Gasteiger partial charge in [-0.2, -0.15) is 0 Å². The van der Waals surface area contributed by atoms with Gasteiger partial charge in [-0.3, -0.25) is 0 Å². The molecule has 2 aromatic rings. The molecule has 22 heavy (non-hydrogen) atoms. The molecule has 1 N–H and O–H groups in total. The van der Waals surface area contributed by atoms with Crippen LogP contribution in [0.1, 0.15) is 11.1 Å². The van der Waals surface area contributed by atoms with E-state index in [-0.39, 0.29) is 17.3 Å². The first kappa shape index (κ1) is 15.0. The number of carbonyl (C=O) groups excluding carboxylic acids is 1. The lowest BCUT2D eigenvalue weighted by Crippen LogP contribution is -2.04. The average molecular weight is 423 g/mol. The molecule has 3 rings (SSSR count). The number of esters is 1. The summed E-state index contributed by atoms with van der Waals surface area (Å²) in [7, 11) is 0. The lowest BCUT2D eigenvalue weighted by molar-refractivity contribution is -0.129. The summed E-state index contributed by atoms with van der Waals surface area (Å²) in [5.74, 6) is -0.258. The number of cyclic esters (lactones) is 1. The zero-order chi connectivity index (χ0) is 15.7. The van der Waals surface area contributed by atoms with Gasteiger partial charge in [-0.1, -0.05) is 34.1 Å². The number of aromatic hydroxyl groups is 1. The largest absolute Gasteiger partial charge is 0.506 e. The smallest absolute Gasteiger partial charge is 0.363 e. The van der Waals surface area contributed by atoms with E-state index in [1.54, 1.807) is 12.1 Å². The van der Waals surface area contributed by atoms with Gasteiger partial charge in [0, 0.05) is 15.6 Å². The second-order valence-corrected chi connectivity index (χ2v) is 6.30. The van der Waals surface area contributed by atoms with Gasteiger partial charge in [-0.25, -0.2) is 9.79 Å². The molecular weight excluding hydrogens is 414 g/mol. The molecule has 1 heterocycles. The van der Waals surface area contributed by atoms with Gasteiger partial charge in [0.2, 0.25) is 5.90 Å². The predicted octanol–water partition coefficient (Wildman–Crippen LogP) is 4.26. The van der Waals surface area contributed by atoms with Crippen molar-refractivity contribution in [1.29, 1.82) is 0 Å². The van der Waals surface area contributed by atoms with Crippen LogP contribution < -0.4 is 0 Å². The van der Waals surface area contributed by atoms with Crippen molar-refractivity contribution in [3.05, 3.63) is 68.2 Å². The van der Waals surface area contributed by atoms with Crippen LogP contribution in [-0.2, 0) is 9.53 Å². The molecule has 0 saturated heterocycles. The van der Waals surface area contributed by atoms with E-state index in [4.69, 9.17) is 4.74 Å². The van der Waals surface area contributed by atoms with E-state index >= 15 is 0 Å². The summed E-state index contributed by atoms with van der Waals surface area (Å²) in [5.41, 5.74) is 1.32. The van der Waals surface area contributed by atoms with Crippen LogP contribution in [0, 0.1) is 0 Å². The van der Waals surface area contributed by atoms with Crippen LogP contribution >= 0.6 is 31.9 Å². The van der Waals surface area contributed by atoms with Crippen molar-refractivity contribution >= 4 is 49.8 Å². The summed E-state index contributed by atoms with van der Waals surface area (Å²) in [4.78, 5) is 16.1. The van der Waals surface area contributed by atoms with Crippen molar-refractivity contribution in [3.8, 4) is 5.75 Å². The normalized spacial score (nSPS) is 15.8. The molecule has 0 amide bonds. The number of rotatable bonds is 2. The van der Waals surface area contributed by atoms with Crippen molar-refractivity contribution < 1.29 is 14.6 Å². The molecular formula is C16H9Br2NO3. The molecule has 1 aliphatic heterocycles. The number of ether oxygens (including phenoxy) is 1. The summed E-state index contributed by atoms with van der Waals surface area (Å²) < 4.78 is 6.46. The monoisotopic (exact) mass is 421 g/mol. The van der Waals surface area contributed by atoms with Crippen molar-refractivity contribution in [3.63, 3.8) is 0 Å². The molecule has 1 aliphatic rings. The summed E-state index contributed by atoms with van der Waals surface area (Å²) >= 11 is 6.59. The topological polar surface area (TPSA) is 58.9 Å². The number of halogens is 2. The molecule has 0 radical (unpaired) electrons. The zero-order valence-corrected chi connectivity index (χ0v) is 14.3. The SMILES string of the molecule is O=C1OC(c2ccccc2)=N/C1=C\c1cc(Br)cc(Br)c1O. The Kier molecular flexibility index (Phi) is 4.13. The number of carbonyl (C=O) groups is 1. The van der Waals surface area contributed by atoms with Crippen molar-refractivity contribution in [1.82, 2.24) is 0 Å². The molecule has 0 spiro atoms. The van der Waals surface area contributed by atoms with Gasteiger partial charge in [0.15, 0.2) is 5.70 Å². The molecule has 0 fully saturated rings. The highest BCUT2D eigenvalue weighted by atomic mass is 79.9. The van der Waals surface area contributed by atoms with Gasteiger partial charge in [-0.05, 0) is 46.3 Å². The Morgan fingerprint density at radius 2 is 1.86 bits per heavy atom. The molecule has 0 aliphatic carbocycles. The molecule has 0 atom stereocenters. The van der Waals surface area contributed by atoms with Gasteiger partial charge in [0.25, 0.3) is 0 Å². The van der Waals surface area contributed by atoms with E-state index in [0.29, 0.717) is 10.0 Å². The van der Waals surface area contributed by atoms with E-state index in [1.165, 1.54) is 6.08 Å². The lowest BCUT2D eigenvalue weighted by atomic mass is 10.1. The number of hydrogen-bond acceptors (Lipinski definition) is 4. The number of phenols is 1. The Labute approximate surface area is 143 Å². The van der Waals surface area contributed by atoms with Crippen LogP contribution in [0.3, 0.4) is 0 Å². The highest BCUT2D eigenvalue weighted by Gasteiger charge is 2.24. The van der Waals surface area contributed by atoms with Crippen LogP contribution in [0.5, 0.6) is 5.75 Å². The Morgan fingerprint density at radius 1 is 1.14 bits per heavy atom. The number of aliphatic imine (C=N–C) groups is 1. The average Bonchev–Trinajstić information content (AvgIpc) is 2.86. The third-order valence-electron chi connectivity index (χ3n) is 2.99. The van der Waals surface area contributed by atoms with Crippen LogP contribution in [-0.4, -0.2) is 17.0 Å². The van der Waals surface area contributed by atoms with Crippen LogP contribution in [0.2, 0.25) is 0 Å². The highest BCUT2D eigenvalue weighted by Crippen LogP contribution is 2.33. The van der Waals surface area contributed by atoms with E-state index in [2.05, 4.69) is 36.9 Å². The fourth-order valence-electron chi connectivity index (χ4n) is 1.96. The number of nitrogens with zero attached hydrogens (tertiary/aromatic N) is 1. The molecule has 0 unspecified atom stereocenters. The summed E-state index contributed by atoms with van der Waals surface area (Å²) in [5, 5.41) is 10.0. The Balaban J connectivity index is 2.02. The van der Waals surface area contributed by atoms with E-state index in [0.717, 1.165) is 10.0 Å². The third-order valence-corrected chi connectivity index (χ3v) is 4.05. The number of hydrogen-bond donors (Lipinski definition) is 1. The van der Waals surface area contributed by atoms with Crippen LogP contribution in [0.15, 0.2) is 62.1 Å². The zero-order valence-electron chi connectivity index (χ0n) is 11.1. The third kappa shape index (κ3) is 2.98. The Morgan fingerprint density at radius 3 is 2.59 bits per heavy atom. The Bertz CT molecular complexity index is 814. The van der Waals surface area contributed by atoms with E-state index in [1.807, 2.05) is 30.3 Å². The first-order valence-corrected chi connectivity index (χ1v) is 7.89. The minimum atomic E-state index is -0.547. The van der Waals surface area contributed by atoms with Gasteiger partial charge in [-0.15, -0.1) is 0 Å². The minimum Gasteiger partial charge on any atom is -0.506 e. The van der Waals surface area contributed by atoms with Crippen LogP contribution in [0.4, 0.5) is 0 Å². The summed E-state index contributed by atoms with van der Waals surface area (Å²) in [6.07, 6.45) is 1.49. The first-order valence-electron chi connectivity index (χ1n) is 6.30. The van der Waals surface area contributed by atoms with Gasteiger partial charge < -0.3 is 9.84 Å². The molecule has 2 aromatic carbocycles. The van der Waals surface area contributed by atoms with Crippen molar-refractivity contribution in [2.75, 3.05) is 0 Å². The standard InChI is InChI=1S/C16H9Br2NO3/c17-11-6-10(14(20)12(18)8-11)7-13-16(21)22-15(19-13)9-4-2-1-3-5-9/h1-8,20H/b13-7-. The first-order chi connectivity index (χ1) is 10.5. The maximum Gasteiger partial charge on any atom is 0.363 e. The fourth-order valence-corrected chi connectivity index (χ4v) is 3.21. The van der Waals surface area contributed by atoms with Crippen molar-refractivity contribution in [2.24, 2.45) is 4.99 Å². The van der Waals surface area contributed by atoms with Crippen molar-refractivity contribution in [2.45, 2.75) is 0 Å². The molecule has 0 aromatic heterocycles. The molecule has 0 bridgehead atoms. The second kappa shape index (κ2) is 6.06. The number of phenolic OH excluding ortho intramolecular Hbond substituents is 1. The maximum atomic E-state index is 11.9. The molecule has 0 saturated carbocycles. The van der Waals surface area contributed by atoms with Gasteiger partial charge in [0.1, 0.15) is 5.75 Å². The molecule has 6 heteroatoms. The predicted molar refractivity (Wildman–Crippen MR) is 90.6 cm³/mol.